The molecule has 0 saturated carbocycles. The van der Waals surface area contributed by atoms with Gasteiger partial charge in [-0.2, -0.15) is 0 Å². The van der Waals surface area contributed by atoms with Crippen molar-refractivity contribution in [3.05, 3.63) is 35.4 Å². The second-order valence-electron chi connectivity index (χ2n) is 5.98. The van der Waals surface area contributed by atoms with Crippen LogP contribution in [-0.2, 0) is 0 Å². The standard InChI is InChI=1S/C18H26N2O2.ClH/c1-3-17(21)15-4-6-16(7-5-15)18(22)20-12-9-14(10-13-20)8-11-19-2;/h4-7,14,19H,3,8-13H2,1-2H3;1H. The van der Waals surface area contributed by atoms with Crippen LogP contribution in [0.4, 0.5) is 0 Å². The second-order valence-corrected chi connectivity index (χ2v) is 5.98. The minimum absolute atomic E-state index is 0. The van der Waals surface area contributed by atoms with E-state index in [-0.39, 0.29) is 24.1 Å². The third-order valence-electron chi connectivity index (χ3n) is 4.48. The molecule has 1 aromatic rings. The highest BCUT2D eigenvalue weighted by Crippen LogP contribution is 2.21. The Kier molecular flexibility index (Phi) is 8.28. The molecular formula is C18H27ClN2O2. The Morgan fingerprint density at radius 3 is 2.22 bits per heavy atom. The van der Waals surface area contributed by atoms with E-state index in [2.05, 4.69) is 5.32 Å². The molecule has 0 atom stereocenters. The number of ketones is 1. The molecule has 5 heteroatoms. The smallest absolute Gasteiger partial charge is 0.253 e. The fourth-order valence-electron chi connectivity index (χ4n) is 2.96. The molecule has 1 N–H and O–H groups in total. The fraction of sp³-hybridized carbons (Fsp3) is 0.556. The first kappa shape index (κ1) is 19.7. The van der Waals surface area contributed by atoms with Crippen molar-refractivity contribution in [1.29, 1.82) is 0 Å². The Labute approximate surface area is 145 Å². The number of likely N-dealkylation sites (tertiary alicyclic amines) is 1. The summed E-state index contributed by atoms with van der Waals surface area (Å²) in [4.78, 5) is 26.1. The van der Waals surface area contributed by atoms with E-state index >= 15 is 0 Å². The Morgan fingerprint density at radius 1 is 1.13 bits per heavy atom. The molecule has 2 rings (SSSR count). The Morgan fingerprint density at radius 2 is 1.70 bits per heavy atom. The SMILES string of the molecule is CCC(=O)c1ccc(C(=O)N2CCC(CCNC)CC2)cc1.Cl. The van der Waals surface area contributed by atoms with Crippen molar-refractivity contribution in [2.75, 3.05) is 26.7 Å². The van der Waals surface area contributed by atoms with Crippen LogP contribution in [0, 0.1) is 5.92 Å². The molecule has 1 saturated heterocycles. The van der Waals surface area contributed by atoms with Crippen LogP contribution in [0.25, 0.3) is 0 Å². The van der Waals surface area contributed by atoms with E-state index in [0.29, 0.717) is 17.5 Å². The second kappa shape index (κ2) is 9.68. The van der Waals surface area contributed by atoms with Crippen molar-refractivity contribution in [1.82, 2.24) is 10.2 Å². The number of rotatable bonds is 6. The number of hydrogen-bond acceptors (Lipinski definition) is 3. The van der Waals surface area contributed by atoms with E-state index in [4.69, 9.17) is 0 Å². The topological polar surface area (TPSA) is 49.4 Å². The third kappa shape index (κ3) is 5.33. The minimum Gasteiger partial charge on any atom is -0.339 e. The van der Waals surface area contributed by atoms with Gasteiger partial charge in [-0.05, 0) is 50.9 Å². The van der Waals surface area contributed by atoms with Gasteiger partial charge in [0.2, 0.25) is 0 Å². The molecule has 4 nitrogen and oxygen atoms in total. The molecular weight excluding hydrogens is 312 g/mol. The number of halogens is 1. The van der Waals surface area contributed by atoms with Gasteiger partial charge >= 0.3 is 0 Å². The van der Waals surface area contributed by atoms with Gasteiger partial charge in [0.1, 0.15) is 0 Å². The summed E-state index contributed by atoms with van der Waals surface area (Å²) in [5.41, 5.74) is 1.37. The summed E-state index contributed by atoms with van der Waals surface area (Å²) in [5.74, 6) is 0.924. The van der Waals surface area contributed by atoms with Gasteiger partial charge in [0.25, 0.3) is 5.91 Å². The first-order chi connectivity index (χ1) is 10.7. The molecule has 0 aromatic heterocycles. The van der Waals surface area contributed by atoms with Crippen LogP contribution in [0.1, 0.15) is 53.3 Å². The highest BCUT2D eigenvalue weighted by molar-refractivity contribution is 5.98. The molecule has 128 valence electrons. The molecule has 1 aromatic carbocycles. The van der Waals surface area contributed by atoms with Crippen molar-refractivity contribution in [3.63, 3.8) is 0 Å². The van der Waals surface area contributed by atoms with Crippen molar-refractivity contribution in [2.24, 2.45) is 5.92 Å². The highest BCUT2D eigenvalue weighted by Gasteiger charge is 2.23. The molecule has 23 heavy (non-hydrogen) atoms. The summed E-state index contributed by atoms with van der Waals surface area (Å²) in [6.07, 6.45) is 3.85. The molecule has 1 amide bonds. The monoisotopic (exact) mass is 338 g/mol. The lowest BCUT2D eigenvalue weighted by Gasteiger charge is -2.32. The molecule has 0 spiro atoms. The molecule has 1 fully saturated rings. The number of amides is 1. The number of Topliss-reactive ketones (excluding diaryl/α,β-unsaturated/α-hetero) is 1. The number of hydrogen-bond donors (Lipinski definition) is 1. The Bertz CT molecular complexity index is 508. The lowest BCUT2D eigenvalue weighted by atomic mass is 9.93. The fourth-order valence-corrected chi connectivity index (χ4v) is 2.96. The van der Waals surface area contributed by atoms with E-state index < -0.39 is 0 Å². The minimum atomic E-state index is 0. The molecule has 1 aliphatic heterocycles. The van der Waals surface area contributed by atoms with Crippen LogP contribution in [0.3, 0.4) is 0 Å². The van der Waals surface area contributed by atoms with Crippen LogP contribution in [0.5, 0.6) is 0 Å². The predicted molar refractivity (Wildman–Crippen MR) is 95.5 cm³/mol. The zero-order valence-corrected chi connectivity index (χ0v) is 14.8. The van der Waals surface area contributed by atoms with Crippen LogP contribution < -0.4 is 5.32 Å². The molecule has 0 bridgehead atoms. The van der Waals surface area contributed by atoms with E-state index in [9.17, 15) is 9.59 Å². The van der Waals surface area contributed by atoms with Crippen molar-refractivity contribution in [3.8, 4) is 0 Å². The van der Waals surface area contributed by atoms with E-state index in [0.717, 1.165) is 38.4 Å². The lowest BCUT2D eigenvalue weighted by molar-refractivity contribution is 0.0686. The summed E-state index contributed by atoms with van der Waals surface area (Å²) >= 11 is 0. The average molecular weight is 339 g/mol. The van der Waals surface area contributed by atoms with E-state index in [1.807, 2.05) is 18.9 Å². The molecule has 1 aliphatic rings. The number of piperidine rings is 1. The highest BCUT2D eigenvalue weighted by atomic mass is 35.5. The maximum absolute atomic E-state index is 12.5. The largest absolute Gasteiger partial charge is 0.339 e. The van der Waals surface area contributed by atoms with Crippen LogP contribution in [-0.4, -0.2) is 43.3 Å². The summed E-state index contributed by atoms with van der Waals surface area (Å²) in [6.45, 7) is 4.57. The molecule has 0 aliphatic carbocycles. The third-order valence-corrected chi connectivity index (χ3v) is 4.48. The number of nitrogens with one attached hydrogen (secondary N) is 1. The van der Waals surface area contributed by atoms with Crippen LogP contribution in [0.15, 0.2) is 24.3 Å². The van der Waals surface area contributed by atoms with E-state index in [1.54, 1.807) is 24.3 Å². The first-order valence-corrected chi connectivity index (χ1v) is 8.22. The van der Waals surface area contributed by atoms with Gasteiger partial charge in [-0.3, -0.25) is 9.59 Å². The van der Waals surface area contributed by atoms with Gasteiger partial charge in [0, 0.05) is 30.6 Å². The van der Waals surface area contributed by atoms with Gasteiger partial charge < -0.3 is 10.2 Å². The maximum atomic E-state index is 12.5. The van der Waals surface area contributed by atoms with Crippen LogP contribution >= 0.6 is 12.4 Å². The first-order valence-electron chi connectivity index (χ1n) is 8.22. The normalized spacial score (nSPS) is 15.1. The van der Waals surface area contributed by atoms with Gasteiger partial charge in [0.15, 0.2) is 5.78 Å². The van der Waals surface area contributed by atoms with Crippen molar-refractivity contribution < 1.29 is 9.59 Å². The quantitative estimate of drug-likeness (QED) is 0.810. The summed E-state index contributed by atoms with van der Waals surface area (Å²) in [7, 11) is 1.98. The van der Waals surface area contributed by atoms with Gasteiger partial charge in [-0.1, -0.05) is 19.1 Å². The summed E-state index contributed by atoms with van der Waals surface area (Å²) in [6, 6.07) is 7.08. The summed E-state index contributed by atoms with van der Waals surface area (Å²) in [5, 5.41) is 3.19. The molecule has 0 unspecified atom stereocenters. The summed E-state index contributed by atoms with van der Waals surface area (Å²) < 4.78 is 0. The maximum Gasteiger partial charge on any atom is 0.253 e. The number of carbonyl (C=O) groups excluding carboxylic acids is 2. The Balaban J connectivity index is 0.00000264. The average Bonchev–Trinajstić information content (AvgIpc) is 2.59. The number of nitrogens with zero attached hydrogens (tertiary/aromatic N) is 1. The lowest BCUT2D eigenvalue weighted by Crippen LogP contribution is -2.38. The van der Waals surface area contributed by atoms with Gasteiger partial charge in [0.05, 0.1) is 0 Å². The molecule has 1 heterocycles. The number of carbonyl (C=O) groups is 2. The molecule has 0 radical (unpaired) electrons. The zero-order chi connectivity index (χ0) is 15.9. The predicted octanol–water partition coefficient (Wildman–Crippen LogP) is 3.16. The van der Waals surface area contributed by atoms with Crippen molar-refractivity contribution in [2.45, 2.75) is 32.6 Å². The number of benzene rings is 1. The van der Waals surface area contributed by atoms with E-state index in [1.165, 1.54) is 6.42 Å². The van der Waals surface area contributed by atoms with Crippen molar-refractivity contribution >= 4 is 24.1 Å². The zero-order valence-electron chi connectivity index (χ0n) is 14.0. The Hall–Kier alpha value is -1.39. The van der Waals surface area contributed by atoms with Crippen LogP contribution in [0.2, 0.25) is 0 Å². The van der Waals surface area contributed by atoms with Gasteiger partial charge in [-0.25, -0.2) is 0 Å². The van der Waals surface area contributed by atoms with Gasteiger partial charge in [-0.15, -0.1) is 12.4 Å².